The number of piperazine rings is 1. The maximum absolute atomic E-state index is 13.4. The first-order valence-electron chi connectivity index (χ1n) is 21.6. The zero-order valence-electron chi connectivity index (χ0n) is 33.4. The van der Waals surface area contributed by atoms with Crippen LogP contribution >= 0.6 is 0 Å². The molecule has 3 amide bonds. The average molecular weight is 794 g/mol. The van der Waals surface area contributed by atoms with Gasteiger partial charge in [0.25, 0.3) is 5.91 Å². The molecule has 0 aromatic heterocycles. The molecule has 4 atom stereocenters. The zero-order valence-corrected chi connectivity index (χ0v) is 33.4. The van der Waals surface area contributed by atoms with E-state index in [1.54, 1.807) is 17.0 Å². The first-order chi connectivity index (χ1) is 28.8. The van der Waals surface area contributed by atoms with Gasteiger partial charge in [-0.25, -0.2) is 0 Å². The van der Waals surface area contributed by atoms with Crippen LogP contribution in [0.5, 0.6) is 17.2 Å². The summed E-state index contributed by atoms with van der Waals surface area (Å²) in [7, 11) is 0. The average Bonchev–Trinajstić information content (AvgIpc) is 3.56. The molecule has 1 aliphatic carbocycles. The number of aromatic hydroxyl groups is 1. The summed E-state index contributed by atoms with van der Waals surface area (Å²) in [4.78, 5) is 47.0. The minimum Gasteiger partial charge on any atom is -0.508 e. The van der Waals surface area contributed by atoms with E-state index < -0.39 is 6.04 Å². The molecule has 4 aromatic rings. The molecule has 1 spiro atoms. The first-order valence-corrected chi connectivity index (χ1v) is 21.6. The molecule has 7 aliphatic rings. The highest BCUT2D eigenvalue weighted by Crippen LogP contribution is 2.50. The van der Waals surface area contributed by atoms with E-state index >= 15 is 0 Å². The number of rotatable bonds is 6. The van der Waals surface area contributed by atoms with E-state index in [0.29, 0.717) is 43.1 Å². The molecule has 304 valence electrons. The van der Waals surface area contributed by atoms with E-state index in [1.165, 1.54) is 42.5 Å². The monoisotopic (exact) mass is 793 g/mol. The van der Waals surface area contributed by atoms with Crippen LogP contribution in [-0.4, -0.2) is 97.2 Å². The molecule has 11 heteroatoms. The standard InChI is InChI=1S/C48H51N5O6/c54-36-10-11-37-42(21-36)59-27-39(31-4-2-1-3-5-31)45(37)32-6-8-34(9-7-32)51-28-48(29-51)16-14-30(15-17-48)23-50-18-19-52-35(25-50)26-58-43-22-38-33(20-41(43)52)24-53(47(38)57)40-12-13-44(55)49-46(40)56/h1-11,20-22,30,35,39-40,45,54H,12-19,23-29H2,(H,49,55,56)/t35-,39+,40-,45+/m1/s1. The fourth-order valence-electron chi connectivity index (χ4n) is 11.4. The van der Waals surface area contributed by atoms with Crippen LogP contribution in [0.4, 0.5) is 11.4 Å². The molecular weight excluding hydrogens is 743 g/mol. The number of phenols is 1. The van der Waals surface area contributed by atoms with Gasteiger partial charge >= 0.3 is 0 Å². The number of carbonyl (C=O) groups excluding carboxylic acids is 3. The summed E-state index contributed by atoms with van der Waals surface area (Å²) in [6.07, 6.45) is 5.74. The number of phenolic OH excluding ortho intramolecular Hbond substituents is 1. The van der Waals surface area contributed by atoms with Crippen molar-refractivity contribution in [1.29, 1.82) is 0 Å². The fraction of sp³-hybridized carbons (Fsp3) is 0.438. The van der Waals surface area contributed by atoms with Gasteiger partial charge in [0.15, 0.2) is 0 Å². The summed E-state index contributed by atoms with van der Waals surface area (Å²) in [5.41, 5.74) is 7.96. The Balaban J connectivity index is 0.687. The third-order valence-electron chi connectivity index (χ3n) is 14.6. The van der Waals surface area contributed by atoms with Gasteiger partial charge in [-0.15, -0.1) is 0 Å². The van der Waals surface area contributed by atoms with E-state index in [9.17, 15) is 19.5 Å². The topological polar surface area (TPSA) is 115 Å². The molecule has 3 saturated heterocycles. The van der Waals surface area contributed by atoms with Gasteiger partial charge in [-0.2, -0.15) is 0 Å². The van der Waals surface area contributed by atoms with Gasteiger partial charge in [0.1, 0.15) is 29.9 Å². The maximum atomic E-state index is 13.4. The Kier molecular flexibility index (Phi) is 8.87. The lowest BCUT2D eigenvalue weighted by molar-refractivity contribution is -0.136. The van der Waals surface area contributed by atoms with Crippen molar-refractivity contribution in [1.82, 2.24) is 15.1 Å². The lowest BCUT2D eigenvalue weighted by Crippen LogP contribution is -2.59. The summed E-state index contributed by atoms with van der Waals surface area (Å²) >= 11 is 0. The highest BCUT2D eigenvalue weighted by molar-refractivity contribution is 6.06. The van der Waals surface area contributed by atoms with Gasteiger partial charge in [0.2, 0.25) is 11.8 Å². The van der Waals surface area contributed by atoms with Crippen LogP contribution in [0.1, 0.15) is 83.0 Å². The predicted molar refractivity (Wildman–Crippen MR) is 223 cm³/mol. The lowest BCUT2D eigenvalue weighted by Gasteiger charge is -2.55. The molecule has 11 nitrogen and oxygen atoms in total. The van der Waals surface area contributed by atoms with E-state index in [0.717, 1.165) is 67.6 Å². The van der Waals surface area contributed by atoms with E-state index in [4.69, 9.17) is 9.47 Å². The van der Waals surface area contributed by atoms with Gasteiger partial charge in [-0.3, -0.25) is 24.6 Å². The van der Waals surface area contributed by atoms with Gasteiger partial charge in [-0.05, 0) is 85.0 Å². The molecule has 2 N–H and O–H groups in total. The third kappa shape index (κ3) is 6.49. The zero-order chi connectivity index (χ0) is 39.8. The number of hydrogen-bond acceptors (Lipinski definition) is 9. The Bertz CT molecular complexity index is 2300. The van der Waals surface area contributed by atoms with E-state index in [-0.39, 0.29) is 47.8 Å². The van der Waals surface area contributed by atoms with Crippen LogP contribution in [0.15, 0.2) is 84.9 Å². The Labute approximate surface area is 344 Å². The number of benzene rings is 4. The van der Waals surface area contributed by atoms with Crippen molar-refractivity contribution in [2.75, 3.05) is 62.3 Å². The molecule has 0 unspecified atom stereocenters. The summed E-state index contributed by atoms with van der Waals surface area (Å²) < 4.78 is 12.5. The molecule has 0 bridgehead atoms. The normalized spacial score (nSPS) is 26.2. The number of carbonyl (C=O) groups is 3. The minimum atomic E-state index is -0.619. The highest BCUT2D eigenvalue weighted by atomic mass is 16.5. The van der Waals surface area contributed by atoms with Crippen LogP contribution in [0, 0.1) is 11.3 Å². The number of piperidine rings is 1. The van der Waals surface area contributed by atoms with E-state index in [2.05, 4.69) is 80.7 Å². The molecule has 4 aromatic carbocycles. The largest absolute Gasteiger partial charge is 0.508 e. The summed E-state index contributed by atoms with van der Waals surface area (Å²) in [5.74, 6) is 1.97. The Morgan fingerprint density at radius 3 is 2.39 bits per heavy atom. The Morgan fingerprint density at radius 1 is 0.797 bits per heavy atom. The molecule has 0 radical (unpaired) electrons. The number of nitrogens with zero attached hydrogens (tertiary/aromatic N) is 4. The van der Waals surface area contributed by atoms with Gasteiger partial charge in [-0.1, -0.05) is 48.5 Å². The fourth-order valence-corrected chi connectivity index (χ4v) is 11.4. The second kappa shape index (κ2) is 14.3. The number of hydrogen-bond donors (Lipinski definition) is 2. The van der Waals surface area contributed by atoms with Crippen LogP contribution < -0.4 is 24.6 Å². The molecule has 6 aliphatic heterocycles. The third-order valence-corrected chi connectivity index (χ3v) is 14.6. The number of amides is 3. The highest BCUT2D eigenvalue weighted by Gasteiger charge is 2.46. The first kappa shape index (κ1) is 36.5. The van der Waals surface area contributed by atoms with E-state index in [1.807, 2.05) is 12.1 Å². The molecule has 59 heavy (non-hydrogen) atoms. The second-order valence-corrected chi connectivity index (χ2v) is 18.2. The Morgan fingerprint density at radius 2 is 1.59 bits per heavy atom. The van der Waals surface area contributed by atoms with Crippen LogP contribution in [0.3, 0.4) is 0 Å². The SMILES string of the molecule is O=C1CC[C@@H](N2Cc3cc4c(cc3C2=O)OC[C@H]2CN(CC3CCC5(CC3)CN(c3ccc([C@H]6c7ccc(O)cc7OC[C@H]6c6ccccc6)cc3)C5)CCN42)C(=O)N1. The van der Waals surface area contributed by atoms with Crippen molar-refractivity contribution < 1.29 is 29.0 Å². The van der Waals surface area contributed by atoms with Crippen molar-refractivity contribution in [2.45, 2.75) is 69.0 Å². The van der Waals surface area contributed by atoms with Gasteiger partial charge in [0.05, 0.1) is 18.3 Å². The number of fused-ring (bicyclic) bond motifs is 5. The number of imide groups is 1. The number of anilines is 2. The quantitative estimate of drug-likeness (QED) is 0.226. The van der Waals surface area contributed by atoms with Crippen molar-refractivity contribution >= 4 is 29.1 Å². The molecule has 4 fully saturated rings. The van der Waals surface area contributed by atoms with Gasteiger partial charge in [0, 0.05) is 92.4 Å². The van der Waals surface area contributed by atoms with Gasteiger partial charge < -0.3 is 29.3 Å². The predicted octanol–water partition coefficient (Wildman–Crippen LogP) is 6.04. The van der Waals surface area contributed by atoms with Crippen LogP contribution in [0.2, 0.25) is 0 Å². The van der Waals surface area contributed by atoms with Crippen molar-refractivity contribution in [3.05, 3.63) is 113 Å². The summed E-state index contributed by atoms with van der Waals surface area (Å²) in [5, 5.41) is 12.6. The second-order valence-electron chi connectivity index (χ2n) is 18.2. The lowest BCUT2D eigenvalue weighted by atomic mass is 9.65. The molecule has 1 saturated carbocycles. The van der Waals surface area contributed by atoms with Crippen LogP contribution in [-0.2, 0) is 16.1 Å². The molecule has 11 rings (SSSR count). The summed E-state index contributed by atoms with van der Waals surface area (Å²) in [6.45, 7) is 7.84. The molecule has 6 heterocycles. The smallest absolute Gasteiger partial charge is 0.255 e. The number of nitrogens with one attached hydrogen (secondary N) is 1. The van der Waals surface area contributed by atoms with Crippen LogP contribution in [0.25, 0.3) is 0 Å². The van der Waals surface area contributed by atoms with Crippen molar-refractivity contribution in [2.24, 2.45) is 11.3 Å². The number of ether oxygens (including phenoxy) is 2. The maximum Gasteiger partial charge on any atom is 0.255 e. The van der Waals surface area contributed by atoms with Crippen molar-refractivity contribution in [3.63, 3.8) is 0 Å². The summed E-state index contributed by atoms with van der Waals surface area (Å²) in [6, 6.07) is 29.0. The molecular formula is C48H51N5O6. The van der Waals surface area contributed by atoms with Crippen molar-refractivity contribution in [3.8, 4) is 17.2 Å². The minimum absolute atomic E-state index is 0.144. The Hall–Kier alpha value is -5.55.